The lowest BCUT2D eigenvalue weighted by Gasteiger charge is -2.27. The van der Waals surface area contributed by atoms with Crippen LogP contribution < -0.4 is 5.32 Å². The Balaban J connectivity index is 2.67. The Morgan fingerprint density at radius 1 is 1.45 bits per heavy atom. The fourth-order valence-electron chi connectivity index (χ4n) is 2.79. The van der Waals surface area contributed by atoms with Gasteiger partial charge in [-0.15, -0.1) is 0 Å². The van der Waals surface area contributed by atoms with Gasteiger partial charge in [0.15, 0.2) is 0 Å². The number of hydrogen-bond donors (Lipinski definition) is 2. The average Bonchev–Trinajstić information content (AvgIpc) is 2.83. The summed E-state index contributed by atoms with van der Waals surface area (Å²) in [5.41, 5.74) is 0.234. The summed E-state index contributed by atoms with van der Waals surface area (Å²) in [6.45, 7) is 1.37. The molecule has 0 aliphatic heterocycles. The third kappa shape index (κ3) is 2.62. The first-order valence-electron chi connectivity index (χ1n) is 6.39. The van der Waals surface area contributed by atoms with Gasteiger partial charge < -0.3 is 10.4 Å². The predicted octanol–water partition coefficient (Wildman–Crippen LogP) is 3.22. The molecule has 0 unspecified atom stereocenters. The molecule has 2 N–H and O–H groups in total. The Morgan fingerprint density at radius 2 is 2.10 bits per heavy atom. The molecule has 20 heavy (non-hydrogen) atoms. The summed E-state index contributed by atoms with van der Waals surface area (Å²) >= 11 is 3.43. The number of hydrogen-bond acceptors (Lipinski definition) is 4. The summed E-state index contributed by atoms with van der Waals surface area (Å²) in [7, 11) is 0. The lowest BCUT2D eigenvalue weighted by molar-refractivity contribution is -0.114. The predicted molar refractivity (Wildman–Crippen MR) is 78.4 cm³/mol. The van der Waals surface area contributed by atoms with Crippen LogP contribution in [0, 0.1) is 0 Å². The summed E-state index contributed by atoms with van der Waals surface area (Å²) in [5.74, 6) is -0.325. The van der Waals surface area contributed by atoms with Crippen molar-refractivity contribution < 1.29 is 14.7 Å². The fraction of sp³-hybridized carbons (Fsp3) is 0.429. The number of carbonyl (C=O) groups excluding carboxylic acids is 2. The van der Waals surface area contributed by atoms with E-state index in [1.165, 1.54) is 13.0 Å². The summed E-state index contributed by atoms with van der Waals surface area (Å²) in [5, 5.41) is 12.7. The van der Waals surface area contributed by atoms with Crippen molar-refractivity contribution in [3.8, 4) is 5.75 Å². The van der Waals surface area contributed by atoms with Crippen molar-refractivity contribution in [2.45, 2.75) is 38.1 Å². The number of isocyanates is 1. The molecule has 0 bridgehead atoms. The molecular formula is C14H15BrN2O3. The molecule has 1 amide bonds. The first-order chi connectivity index (χ1) is 9.50. The number of phenols is 1. The molecule has 1 aromatic rings. The molecular weight excluding hydrogens is 324 g/mol. The maximum absolute atomic E-state index is 11.4. The van der Waals surface area contributed by atoms with Gasteiger partial charge in [-0.25, -0.2) is 4.79 Å². The smallest absolute Gasteiger partial charge is 0.235 e. The lowest BCUT2D eigenvalue weighted by atomic mass is 9.87. The van der Waals surface area contributed by atoms with Crippen LogP contribution in [0.15, 0.2) is 21.6 Å². The van der Waals surface area contributed by atoms with Crippen molar-refractivity contribution in [2.75, 3.05) is 5.32 Å². The van der Waals surface area contributed by atoms with Crippen LogP contribution >= 0.6 is 15.9 Å². The molecule has 0 saturated heterocycles. The Morgan fingerprint density at radius 3 is 2.65 bits per heavy atom. The van der Waals surface area contributed by atoms with E-state index in [-0.39, 0.29) is 11.7 Å². The summed E-state index contributed by atoms with van der Waals surface area (Å²) in [6.07, 6.45) is 4.89. The number of aromatic hydroxyl groups is 1. The van der Waals surface area contributed by atoms with E-state index in [0.29, 0.717) is 28.6 Å². The monoisotopic (exact) mass is 338 g/mol. The minimum absolute atomic E-state index is 0.0363. The van der Waals surface area contributed by atoms with Gasteiger partial charge in [-0.3, -0.25) is 4.79 Å². The number of aliphatic imine (C=N–C) groups is 1. The van der Waals surface area contributed by atoms with Crippen molar-refractivity contribution in [1.82, 2.24) is 0 Å². The van der Waals surface area contributed by atoms with Crippen LogP contribution in [0.4, 0.5) is 5.69 Å². The maximum Gasteiger partial charge on any atom is 0.235 e. The van der Waals surface area contributed by atoms with Crippen LogP contribution in [0.1, 0.15) is 38.2 Å². The van der Waals surface area contributed by atoms with E-state index >= 15 is 0 Å². The zero-order valence-corrected chi connectivity index (χ0v) is 12.7. The van der Waals surface area contributed by atoms with Crippen LogP contribution in [-0.2, 0) is 15.1 Å². The van der Waals surface area contributed by atoms with Gasteiger partial charge >= 0.3 is 0 Å². The third-order valence-corrected chi connectivity index (χ3v) is 4.25. The van der Waals surface area contributed by atoms with E-state index in [4.69, 9.17) is 0 Å². The Bertz CT molecular complexity index is 588. The number of phenolic OH excluding ortho intramolecular Hbond substituents is 1. The number of anilines is 1. The van der Waals surface area contributed by atoms with E-state index in [2.05, 4.69) is 26.2 Å². The topological polar surface area (TPSA) is 78.8 Å². The number of rotatable bonds is 3. The Labute approximate surface area is 125 Å². The minimum atomic E-state index is -0.725. The van der Waals surface area contributed by atoms with Crippen LogP contribution in [0.2, 0.25) is 0 Å². The molecule has 1 saturated carbocycles. The minimum Gasteiger partial charge on any atom is -0.506 e. The van der Waals surface area contributed by atoms with Crippen molar-refractivity contribution in [3.63, 3.8) is 0 Å². The molecule has 1 fully saturated rings. The summed E-state index contributed by atoms with van der Waals surface area (Å²) in [6, 6.07) is 3.18. The van der Waals surface area contributed by atoms with E-state index in [1.54, 1.807) is 12.1 Å². The van der Waals surface area contributed by atoms with Gasteiger partial charge in [0.05, 0.1) is 5.69 Å². The van der Waals surface area contributed by atoms with Crippen LogP contribution in [0.25, 0.3) is 0 Å². The van der Waals surface area contributed by atoms with Crippen molar-refractivity contribution in [1.29, 1.82) is 0 Å². The van der Waals surface area contributed by atoms with Gasteiger partial charge in [0.25, 0.3) is 0 Å². The Hall–Kier alpha value is -1.65. The first kappa shape index (κ1) is 14.8. The van der Waals surface area contributed by atoms with Gasteiger partial charge in [-0.1, -0.05) is 28.8 Å². The van der Waals surface area contributed by atoms with E-state index in [0.717, 1.165) is 12.8 Å². The van der Waals surface area contributed by atoms with Crippen molar-refractivity contribution in [3.05, 3.63) is 22.2 Å². The lowest BCUT2D eigenvalue weighted by Crippen LogP contribution is -2.23. The molecule has 1 aliphatic carbocycles. The number of amides is 1. The molecule has 106 valence electrons. The molecule has 6 heteroatoms. The zero-order valence-electron chi connectivity index (χ0n) is 11.1. The van der Waals surface area contributed by atoms with E-state index in [9.17, 15) is 14.7 Å². The van der Waals surface area contributed by atoms with Gasteiger partial charge in [-0.2, -0.15) is 4.99 Å². The highest BCUT2D eigenvalue weighted by atomic mass is 79.9. The second-order valence-electron chi connectivity index (χ2n) is 4.94. The second kappa shape index (κ2) is 5.77. The quantitative estimate of drug-likeness (QED) is 0.504. The van der Waals surface area contributed by atoms with E-state index in [1.807, 2.05) is 0 Å². The third-order valence-electron chi connectivity index (χ3n) is 3.59. The number of nitrogens with one attached hydrogen (secondary N) is 1. The first-order valence-corrected chi connectivity index (χ1v) is 7.18. The largest absolute Gasteiger partial charge is 0.506 e. The average molecular weight is 339 g/mol. The summed E-state index contributed by atoms with van der Waals surface area (Å²) in [4.78, 5) is 26.2. The van der Waals surface area contributed by atoms with Gasteiger partial charge in [0.1, 0.15) is 11.3 Å². The molecule has 1 aromatic carbocycles. The van der Waals surface area contributed by atoms with Crippen molar-refractivity contribution >= 4 is 33.6 Å². The molecule has 0 spiro atoms. The highest BCUT2D eigenvalue weighted by molar-refractivity contribution is 9.10. The molecule has 0 aromatic heterocycles. The molecule has 2 rings (SSSR count). The number of nitrogens with zero attached hydrogens (tertiary/aromatic N) is 1. The number of carbonyl (C=O) groups is 1. The molecule has 0 heterocycles. The van der Waals surface area contributed by atoms with Crippen molar-refractivity contribution in [2.24, 2.45) is 4.99 Å². The van der Waals surface area contributed by atoms with Crippen LogP contribution in [-0.4, -0.2) is 17.1 Å². The van der Waals surface area contributed by atoms with Crippen LogP contribution in [0.5, 0.6) is 5.75 Å². The normalized spacial score (nSPS) is 16.5. The maximum atomic E-state index is 11.4. The zero-order chi connectivity index (χ0) is 14.8. The second-order valence-corrected chi connectivity index (χ2v) is 5.79. The summed E-state index contributed by atoms with van der Waals surface area (Å²) < 4.78 is 0.708. The fourth-order valence-corrected chi connectivity index (χ4v) is 3.49. The van der Waals surface area contributed by atoms with Gasteiger partial charge in [0, 0.05) is 17.0 Å². The van der Waals surface area contributed by atoms with Crippen LogP contribution in [0.3, 0.4) is 0 Å². The SMILES string of the molecule is CC(=O)Nc1c(O)ccc(Br)c1C1(N=C=O)CCCC1. The molecule has 0 atom stereocenters. The highest BCUT2D eigenvalue weighted by Crippen LogP contribution is 2.50. The Kier molecular flexibility index (Phi) is 4.26. The molecule has 5 nitrogen and oxygen atoms in total. The van der Waals surface area contributed by atoms with Gasteiger partial charge in [-0.05, 0) is 25.0 Å². The van der Waals surface area contributed by atoms with E-state index < -0.39 is 5.54 Å². The number of benzene rings is 1. The van der Waals surface area contributed by atoms with Gasteiger partial charge in [0.2, 0.25) is 12.0 Å². The highest BCUT2D eigenvalue weighted by Gasteiger charge is 2.40. The molecule has 0 radical (unpaired) electrons. The number of halogens is 1. The standard InChI is InChI=1S/C14H15BrN2O3/c1-9(19)17-13-11(20)5-4-10(15)12(13)14(16-8-18)6-2-3-7-14/h4-5,20H,2-3,6-7H2,1H3,(H,17,19). The molecule has 1 aliphatic rings.